The summed E-state index contributed by atoms with van der Waals surface area (Å²) in [7, 11) is 0. The number of carbonyl (C=O) groups excluding carboxylic acids is 1. The number of nitrogens with zero attached hydrogens (tertiary/aromatic N) is 4. The van der Waals surface area contributed by atoms with Crippen LogP contribution in [0.15, 0.2) is 53.0 Å². The number of nitrogens with one attached hydrogen (secondary N) is 1. The minimum atomic E-state index is -0.368. The largest absolute Gasteiger partial charge is 0.354 e. The van der Waals surface area contributed by atoms with Crippen LogP contribution < -0.4 is 5.32 Å². The quantitative estimate of drug-likeness (QED) is 0.753. The van der Waals surface area contributed by atoms with E-state index in [9.17, 15) is 4.79 Å². The molecule has 1 aliphatic rings. The van der Waals surface area contributed by atoms with Crippen molar-refractivity contribution in [1.29, 1.82) is 0 Å². The van der Waals surface area contributed by atoms with E-state index in [2.05, 4.69) is 26.4 Å². The van der Waals surface area contributed by atoms with Crippen LogP contribution in [0.2, 0.25) is 0 Å². The highest BCUT2D eigenvalue weighted by atomic mass is 16.2. The van der Waals surface area contributed by atoms with Crippen LogP contribution in [0.4, 0.5) is 0 Å². The highest BCUT2D eigenvalue weighted by Gasteiger charge is 2.38. The molecule has 0 saturated carbocycles. The van der Waals surface area contributed by atoms with Crippen molar-refractivity contribution in [3.05, 3.63) is 42.7 Å². The first kappa shape index (κ1) is 16.9. The molecule has 128 valence electrons. The van der Waals surface area contributed by atoms with Crippen molar-refractivity contribution in [3.8, 4) is 23.7 Å². The van der Waals surface area contributed by atoms with E-state index in [-0.39, 0.29) is 17.6 Å². The Hall–Kier alpha value is -2.94. The fourth-order valence-electron chi connectivity index (χ4n) is 2.76. The normalized spacial score (nSPS) is 15.4. The molecule has 6 nitrogen and oxygen atoms in total. The molecule has 0 fully saturated rings. The van der Waals surface area contributed by atoms with Gasteiger partial charge in [-0.1, -0.05) is 30.3 Å². The average molecular weight is 335 g/mol. The number of hydrogen-bond acceptors (Lipinski definition) is 4. The van der Waals surface area contributed by atoms with Crippen molar-refractivity contribution in [2.24, 2.45) is 10.2 Å². The molecule has 2 aromatic rings. The molecule has 1 unspecified atom stereocenters. The van der Waals surface area contributed by atoms with Gasteiger partial charge in [-0.15, -0.1) is 12.3 Å². The van der Waals surface area contributed by atoms with Gasteiger partial charge in [0.05, 0.1) is 0 Å². The van der Waals surface area contributed by atoms with E-state index in [1.54, 1.807) is 6.20 Å². The third-order valence-corrected chi connectivity index (χ3v) is 4.37. The number of aromatic nitrogens is 2. The molecule has 1 aromatic heterocycles. The van der Waals surface area contributed by atoms with Crippen molar-refractivity contribution >= 4 is 5.91 Å². The zero-order chi connectivity index (χ0) is 17.7. The minimum Gasteiger partial charge on any atom is -0.354 e. The molecular weight excluding hydrogens is 314 g/mol. The van der Waals surface area contributed by atoms with Crippen molar-refractivity contribution in [3.63, 3.8) is 0 Å². The van der Waals surface area contributed by atoms with Crippen LogP contribution in [0.5, 0.6) is 0 Å². The summed E-state index contributed by atoms with van der Waals surface area (Å²) in [5.41, 5.74) is 0.614. The van der Waals surface area contributed by atoms with Crippen LogP contribution in [-0.2, 0) is 4.79 Å². The molecule has 2 heterocycles. The van der Waals surface area contributed by atoms with Gasteiger partial charge in [0.1, 0.15) is 11.9 Å². The van der Waals surface area contributed by atoms with Crippen LogP contribution in [0, 0.1) is 12.3 Å². The van der Waals surface area contributed by atoms with Crippen LogP contribution >= 0.6 is 0 Å². The van der Waals surface area contributed by atoms with Crippen molar-refractivity contribution in [2.45, 2.75) is 37.9 Å². The van der Waals surface area contributed by atoms with Gasteiger partial charge >= 0.3 is 0 Å². The van der Waals surface area contributed by atoms with E-state index in [1.165, 1.54) is 0 Å². The predicted octanol–water partition coefficient (Wildman–Crippen LogP) is 3.19. The first-order valence-corrected chi connectivity index (χ1v) is 8.39. The molecule has 1 N–H and O–H groups in total. The summed E-state index contributed by atoms with van der Waals surface area (Å²) in [6, 6.07) is 9.47. The Bertz CT molecular complexity index is 797. The van der Waals surface area contributed by atoms with Crippen LogP contribution in [0.3, 0.4) is 0 Å². The van der Waals surface area contributed by atoms with E-state index < -0.39 is 0 Å². The molecule has 0 radical (unpaired) electrons. The monoisotopic (exact) mass is 335 g/mol. The number of imidazole rings is 1. The summed E-state index contributed by atoms with van der Waals surface area (Å²) < 4.78 is 1.88. The summed E-state index contributed by atoms with van der Waals surface area (Å²) in [6.45, 7) is 2.39. The maximum Gasteiger partial charge on any atom is 0.242 e. The second-order valence-electron chi connectivity index (χ2n) is 6.13. The molecule has 3 rings (SSSR count). The van der Waals surface area contributed by atoms with Gasteiger partial charge in [-0.05, 0) is 6.92 Å². The highest BCUT2D eigenvalue weighted by Crippen LogP contribution is 2.36. The summed E-state index contributed by atoms with van der Waals surface area (Å²) in [6.07, 6.45) is 10.9. The molecule has 25 heavy (non-hydrogen) atoms. The highest BCUT2D eigenvalue weighted by molar-refractivity contribution is 5.80. The van der Waals surface area contributed by atoms with E-state index in [1.807, 2.05) is 48.0 Å². The van der Waals surface area contributed by atoms with Crippen LogP contribution in [0.25, 0.3) is 11.4 Å². The van der Waals surface area contributed by atoms with Gasteiger partial charge in [0.25, 0.3) is 0 Å². The third kappa shape index (κ3) is 3.94. The third-order valence-electron chi connectivity index (χ3n) is 4.37. The second kappa shape index (κ2) is 7.31. The van der Waals surface area contributed by atoms with Crippen molar-refractivity contribution in [2.75, 3.05) is 6.54 Å². The van der Waals surface area contributed by atoms with Gasteiger partial charge in [0.15, 0.2) is 5.66 Å². The molecule has 0 spiro atoms. The zero-order valence-corrected chi connectivity index (χ0v) is 14.2. The predicted molar refractivity (Wildman–Crippen MR) is 95.7 cm³/mol. The van der Waals surface area contributed by atoms with Gasteiger partial charge in [-0.3, -0.25) is 4.79 Å². The van der Waals surface area contributed by atoms with Gasteiger partial charge in [-0.2, -0.15) is 10.2 Å². The lowest BCUT2D eigenvalue weighted by molar-refractivity contribution is -0.123. The maximum absolute atomic E-state index is 12.5. The number of terminal acetylenes is 1. The SMILES string of the molecule is C#CCCC1(CCNC(=O)C(C)n2ccnc2-c2ccccc2)N=N1. The Morgan fingerprint density at radius 1 is 1.32 bits per heavy atom. The van der Waals surface area contributed by atoms with E-state index >= 15 is 0 Å². The molecule has 1 amide bonds. The van der Waals surface area contributed by atoms with Crippen LogP contribution in [-0.4, -0.2) is 27.7 Å². The Kier molecular flexibility index (Phi) is 4.94. The second-order valence-corrected chi connectivity index (χ2v) is 6.13. The van der Waals surface area contributed by atoms with E-state index in [4.69, 9.17) is 6.42 Å². The lowest BCUT2D eigenvalue weighted by atomic mass is 10.0. The molecule has 0 aliphatic carbocycles. The van der Waals surface area contributed by atoms with Gasteiger partial charge < -0.3 is 9.88 Å². The Labute approximate surface area is 147 Å². The summed E-state index contributed by atoms with van der Waals surface area (Å²) in [5, 5.41) is 11.1. The van der Waals surface area contributed by atoms with E-state index in [0.717, 1.165) is 17.8 Å². The lowest BCUT2D eigenvalue weighted by Crippen LogP contribution is -2.33. The Morgan fingerprint density at radius 3 is 2.76 bits per heavy atom. The summed E-state index contributed by atoms with van der Waals surface area (Å²) in [5.74, 6) is 3.33. The molecule has 0 bridgehead atoms. The van der Waals surface area contributed by atoms with Gasteiger partial charge in [0, 0.05) is 43.8 Å². The molecule has 0 saturated heterocycles. The lowest BCUT2D eigenvalue weighted by Gasteiger charge is -2.17. The van der Waals surface area contributed by atoms with E-state index in [0.29, 0.717) is 19.4 Å². The standard InChI is InChI=1S/C19H21N5O/c1-3-4-10-19(22-23-19)11-12-21-18(25)15(2)24-14-13-20-17(24)16-8-6-5-7-9-16/h1,5-9,13-15H,4,10-12H2,2H3,(H,21,25). The number of amides is 1. The Morgan fingerprint density at radius 2 is 2.08 bits per heavy atom. The van der Waals surface area contributed by atoms with Crippen molar-refractivity contribution < 1.29 is 4.79 Å². The summed E-state index contributed by atoms with van der Waals surface area (Å²) >= 11 is 0. The zero-order valence-electron chi connectivity index (χ0n) is 14.2. The number of rotatable bonds is 8. The average Bonchev–Trinajstić information content (AvgIpc) is 3.23. The number of carbonyl (C=O) groups is 1. The molecule has 1 atom stereocenters. The Balaban J connectivity index is 1.57. The van der Waals surface area contributed by atoms with Crippen LogP contribution in [0.1, 0.15) is 32.2 Å². The fourth-order valence-corrected chi connectivity index (χ4v) is 2.76. The fraction of sp³-hybridized carbons (Fsp3) is 0.368. The number of hydrogen-bond donors (Lipinski definition) is 1. The minimum absolute atomic E-state index is 0.0528. The maximum atomic E-state index is 12.5. The molecular formula is C19H21N5O. The summed E-state index contributed by atoms with van der Waals surface area (Å²) in [4.78, 5) is 16.9. The van der Waals surface area contributed by atoms with Gasteiger partial charge in [-0.25, -0.2) is 4.98 Å². The first-order chi connectivity index (χ1) is 12.2. The molecule has 1 aromatic carbocycles. The molecule has 6 heteroatoms. The topological polar surface area (TPSA) is 71.6 Å². The van der Waals surface area contributed by atoms with Crippen molar-refractivity contribution in [1.82, 2.24) is 14.9 Å². The first-order valence-electron chi connectivity index (χ1n) is 8.39. The van der Waals surface area contributed by atoms with Gasteiger partial charge in [0.2, 0.25) is 5.91 Å². The smallest absolute Gasteiger partial charge is 0.242 e. The molecule has 1 aliphatic heterocycles. The number of benzene rings is 1.